The molecule has 0 spiro atoms. The predicted molar refractivity (Wildman–Crippen MR) is 61.3 cm³/mol. The quantitative estimate of drug-likeness (QED) is 0.914. The van der Waals surface area contributed by atoms with Crippen molar-refractivity contribution in [3.05, 3.63) is 48.3 Å². The number of benzene rings is 1. The Kier molecular flexibility index (Phi) is 3.38. The molecule has 18 heavy (non-hydrogen) atoms. The molecule has 1 heterocycles. The molecule has 0 fully saturated rings. The van der Waals surface area contributed by atoms with Crippen LogP contribution in [0.1, 0.15) is 5.56 Å². The standard InChI is InChI=1S/C12H12F3N3/c13-12(14,15)11(16)8-9-4-1-2-5-10(9)18-7-3-6-17-18/h1-7,11H,8,16H2. The molecule has 0 bridgehead atoms. The molecule has 0 radical (unpaired) electrons. The first kappa shape index (κ1) is 12.6. The highest BCUT2D eigenvalue weighted by atomic mass is 19.4. The van der Waals surface area contributed by atoms with Gasteiger partial charge in [-0.2, -0.15) is 18.3 Å². The van der Waals surface area contributed by atoms with Crippen LogP contribution in [0.2, 0.25) is 0 Å². The number of rotatable bonds is 3. The average Bonchev–Trinajstić information content (AvgIpc) is 2.82. The van der Waals surface area contributed by atoms with Crippen LogP contribution >= 0.6 is 0 Å². The van der Waals surface area contributed by atoms with Crippen molar-refractivity contribution in [2.24, 2.45) is 5.73 Å². The van der Waals surface area contributed by atoms with Crippen molar-refractivity contribution in [1.82, 2.24) is 9.78 Å². The SMILES string of the molecule is NC(Cc1ccccc1-n1cccn1)C(F)(F)F. The van der Waals surface area contributed by atoms with Gasteiger partial charge in [0.1, 0.15) is 6.04 Å². The highest BCUT2D eigenvalue weighted by Gasteiger charge is 2.36. The third-order valence-electron chi connectivity index (χ3n) is 2.60. The number of alkyl halides is 3. The van der Waals surface area contributed by atoms with E-state index in [-0.39, 0.29) is 6.42 Å². The van der Waals surface area contributed by atoms with Gasteiger partial charge in [-0.25, -0.2) is 4.68 Å². The number of aromatic nitrogens is 2. The first-order valence-corrected chi connectivity index (χ1v) is 5.38. The lowest BCUT2D eigenvalue weighted by molar-refractivity contribution is -0.147. The summed E-state index contributed by atoms with van der Waals surface area (Å²) in [4.78, 5) is 0. The third kappa shape index (κ3) is 2.70. The van der Waals surface area contributed by atoms with Crippen molar-refractivity contribution in [2.75, 3.05) is 0 Å². The van der Waals surface area contributed by atoms with Crippen LogP contribution in [0.25, 0.3) is 5.69 Å². The minimum atomic E-state index is -4.39. The number of halogens is 3. The largest absolute Gasteiger partial charge is 0.403 e. The van der Waals surface area contributed by atoms with Gasteiger partial charge in [-0.15, -0.1) is 0 Å². The fraction of sp³-hybridized carbons (Fsp3) is 0.250. The Hall–Kier alpha value is -1.82. The van der Waals surface area contributed by atoms with Crippen molar-refractivity contribution in [3.8, 4) is 5.69 Å². The lowest BCUT2D eigenvalue weighted by Crippen LogP contribution is -2.39. The number of hydrogen-bond donors (Lipinski definition) is 1. The van der Waals surface area contributed by atoms with Gasteiger partial charge in [0.05, 0.1) is 5.69 Å². The van der Waals surface area contributed by atoms with Crippen LogP contribution in [0.4, 0.5) is 13.2 Å². The van der Waals surface area contributed by atoms with Crippen molar-refractivity contribution in [1.29, 1.82) is 0 Å². The zero-order chi connectivity index (χ0) is 13.2. The van der Waals surface area contributed by atoms with Crippen molar-refractivity contribution >= 4 is 0 Å². The van der Waals surface area contributed by atoms with Crippen molar-refractivity contribution in [3.63, 3.8) is 0 Å². The first-order valence-electron chi connectivity index (χ1n) is 5.38. The molecule has 3 nitrogen and oxygen atoms in total. The smallest absolute Gasteiger partial charge is 0.320 e. The van der Waals surface area contributed by atoms with E-state index in [1.807, 2.05) is 0 Å². The Bertz CT molecular complexity index is 506. The summed E-state index contributed by atoms with van der Waals surface area (Å²) in [6.07, 6.45) is -1.41. The molecule has 0 amide bonds. The fourth-order valence-corrected chi connectivity index (χ4v) is 1.67. The summed E-state index contributed by atoms with van der Waals surface area (Å²) in [6, 6.07) is 6.62. The molecule has 0 aliphatic heterocycles. The second-order valence-corrected chi connectivity index (χ2v) is 3.93. The van der Waals surface area contributed by atoms with Gasteiger partial charge in [0, 0.05) is 12.4 Å². The van der Waals surface area contributed by atoms with Crippen LogP contribution < -0.4 is 5.73 Å². The number of hydrogen-bond acceptors (Lipinski definition) is 2. The second kappa shape index (κ2) is 4.81. The van der Waals surface area contributed by atoms with Gasteiger partial charge >= 0.3 is 6.18 Å². The zero-order valence-corrected chi connectivity index (χ0v) is 9.43. The van der Waals surface area contributed by atoms with Gasteiger partial charge < -0.3 is 5.73 Å². The molecule has 1 aromatic carbocycles. The van der Waals surface area contributed by atoms with Crippen LogP contribution in [0, 0.1) is 0 Å². The second-order valence-electron chi connectivity index (χ2n) is 3.93. The third-order valence-corrected chi connectivity index (χ3v) is 2.60. The molecule has 6 heteroatoms. The van der Waals surface area contributed by atoms with Crippen LogP contribution in [0.3, 0.4) is 0 Å². The highest BCUT2D eigenvalue weighted by Crippen LogP contribution is 2.23. The number of nitrogens with zero attached hydrogens (tertiary/aromatic N) is 2. The van der Waals surface area contributed by atoms with E-state index in [2.05, 4.69) is 5.10 Å². The Balaban J connectivity index is 2.29. The monoisotopic (exact) mass is 255 g/mol. The fourth-order valence-electron chi connectivity index (χ4n) is 1.67. The van der Waals surface area contributed by atoms with E-state index < -0.39 is 12.2 Å². The Morgan fingerprint density at radius 1 is 1.22 bits per heavy atom. The zero-order valence-electron chi connectivity index (χ0n) is 9.43. The van der Waals surface area contributed by atoms with Gasteiger partial charge in [0.25, 0.3) is 0 Å². The van der Waals surface area contributed by atoms with E-state index in [4.69, 9.17) is 5.73 Å². The van der Waals surface area contributed by atoms with Crippen LogP contribution in [0.15, 0.2) is 42.7 Å². The molecule has 0 saturated carbocycles. The van der Waals surface area contributed by atoms with Crippen molar-refractivity contribution in [2.45, 2.75) is 18.6 Å². The molecule has 2 rings (SSSR count). The molecule has 0 aliphatic rings. The maximum Gasteiger partial charge on any atom is 0.403 e. The molecule has 1 unspecified atom stereocenters. The van der Waals surface area contributed by atoms with E-state index in [1.54, 1.807) is 42.7 Å². The van der Waals surface area contributed by atoms with E-state index in [9.17, 15) is 13.2 Å². The van der Waals surface area contributed by atoms with Crippen LogP contribution in [-0.4, -0.2) is 22.0 Å². The first-order chi connectivity index (χ1) is 8.48. The van der Waals surface area contributed by atoms with E-state index in [0.29, 0.717) is 11.3 Å². The molecular formula is C12H12F3N3. The Morgan fingerprint density at radius 3 is 2.56 bits per heavy atom. The van der Waals surface area contributed by atoms with Crippen LogP contribution in [0.5, 0.6) is 0 Å². The number of para-hydroxylation sites is 1. The van der Waals surface area contributed by atoms with Gasteiger partial charge in [-0.05, 0) is 24.1 Å². The summed E-state index contributed by atoms with van der Waals surface area (Å²) in [6.45, 7) is 0. The van der Waals surface area contributed by atoms with Gasteiger partial charge in [0.15, 0.2) is 0 Å². The Morgan fingerprint density at radius 2 is 1.94 bits per heavy atom. The molecule has 0 saturated heterocycles. The minimum Gasteiger partial charge on any atom is -0.320 e. The molecule has 96 valence electrons. The van der Waals surface area contributed by atoms with Crippen LogP contribution in [-0.2, 0) is 6.42 Å². The summed E-state index contributed by atoms with van der Waals surface area (Å²) in [5.74, 6) is 0. The molecular weight excluding hydrogens is 243 g/mol. The predicted octanol–water partition coefficient (Wildman–Crippen LogP) is 2.30. The van der Waals surface area contributed by atoms with Gasteiger partial charge in [-0.3, -0.25) is 0 Å². The minimum absolute atomic E-state index is 0.264. The normalized spacial score (nSPS) is 13.6. The summed E-state index contributed by atoms with van der Waals surface area (Å²) >= 11 is 0. The number of nitrogens with two attached hydrogens (primary N) is 1. The Labute approximate surface area is 102 Å². The van der Waals surface area contributed by atoms with E-state index in [1.165, 1.54) is 4.68 Å². The van der Waals surface area contributed by atoms with E-state index in [0.717, 1.165) is 0 Å². The van der Waals surface area contributed by atoms with Gasteiger partial charge in [0.2, 0.25) is 0 Å². The summed E-state index contributed by atoms with van der Waals surface area (Å²) in [7, 11) is 0. The van der Waals surface area contributed by atoms with Gasteiger partial charge in [-0.1, -0.05) is 18.2 Å². The average molecular weight is 255 g/mol. The molecule has 2 aromatic rings. The molecule has 1 aromatic heterocycles. The summed E-state index contributed by atoms with van der Waals surface area (Å²) in [5.41, 5.74) is 6.28. The van der Waals surface area contributed by atoms with Crippen molar-refractivity contribution < 1.29 is 13.2 Å². The highest BCUT2D eigenvalue weighted by molar-refractivity contribution is 5.40. The summed E-state index contributed by atoms with van der Waals surface area (Å²) in [5, 5.41) is 4.01. The topological polar surface area (TPSA) is 43.8 Å². The molecule has 2 N–H and O–H groups in total. The maximum atomic E-state index is 12.5. The maximum absolute atomic E-state index is 12.5. The van der Waals surface area contributed by atoms with E-state index >= 15 is 0 Å². The lowest BCUT2D eigenvalue weighted by Gasteiger charge is -2.17. The lowest BCUT2D eigenvalue weighted by atomic mass is 10.0. The molecule has 0 aliphatic carbocycles. The molecule has 1 atom stereocenters. The summed E-state index contributed by atoms with van der Waals surface area (Å²) < 4.78 is 38.9.